The van der Waals surface area contributed by atoms with Gasteiger partial charge in [-0.15, -0.1) is 0 Å². The van der Waals surface area contributed by atoms with Crippen LogP contribution in [0, 0.1) is 11.3 Å². The first-order chi connectivity index (χ1) is 8.76. The second-order valence-electron chi connectivity index (χ2n) is 4.63. The molecule has 0 aromatic heterocycles. The Morgan fingerprint density at radius 3 is 2.78 bits per heavy atom. The molecule has 0 bridgehead atoms. The second-order valence-corrected chi connectivity index (χ2v) is 5.54. The SMILES string of the molecule is N#Cc1ccc(Br)cc1N(CCCO)C1CCC1. The van der Waals surface area contributed by atoms with Crippen molar-refractivity contribution in [1.29, 1.82) is 5.26 Å². The minimum Gasteiger partial charge on any atom is -0.396 e. The van der Waals surface area contributed by atoms with Gasteiger partial charge in [0.25, 0.3) is 0 Å². The van der Waals surface area contributed by atoms with E-state index >= 15 is 0 Å². The number of hydrogen-bond acceptors (Lipinski definition) is 3. The fraction of sp³-hybridized carbons (Fsp3) is 0.500. The maximum Gasteiger partial charge on any atom is 0.101 e. The highest BCUT2D eigenvalue weighted by molar-refractivity contribution is 9.10. The van der Waals surface area contributed by atoms with Gasteiger partial charge in [-0.05, 0) is 43.9 Å². The fourth-order valence-electron chi connectivity index (χ4n) is 2.28. The highest BCUT2D eigenvalue weighted by Crippen LogP contribution is 2.33. The first kappa shape index (κ1) is 13.4. The maximum absolute atomic E-state index is 9.21. The summed E-state index contributed by atoms with van der Waals surface area (Å²) in [7, 11) is 0. The summed E-state index contributed by atoms with van der Waals surface area (Å²) in [6.45, 7) is 1.01. The van der Waals surface area contributed by atoms with Gasteiger partial charge < -0.3 is 10.0 Å². The molecule has 1 aliphatic carbocycles. The molecule has 1 saturated carbocycles. The standard InChI is InChI=1S/C14H17BrN2O/c15-12-6-5-11(10-16)14(9-12)17(7-2-8-18)13-3-1-4-13/h5-6,9,13,18H,1-4,7-8H2. The van der Waals surface area contributed by atoms with Gasteiger partial charge in [0.15, 0.2) is 0 Å². The van der Waals surface area contributed by atoms with E-state index in [0.29, 0.717) is 11.6 Å². The lowest BCUT2D eigenvalue weighted by atomic mass is 9.90. The molecule has 3 nitrogen and oxygen atoms in total. The van der Waals surface area contributed by atoms with E-state index < -0.39 is 0 Å². The number of aliphatic hydroxyl groups excluding tert-OH is 1. The number of hydrogen-bond donors (Lipinski definition) is 1. The van der Waals surface area contributed by atoms with Crippen LogP contribution in [0.25, 0.3) is 0 Å². The van der Waals surface area contributed by atoms with E-state index in [1.807, 2.05) is 18.2 Å². The zero-order valence-electron chi connectivity index (χ0n) is 10.3. The largest absolute Gasteiger partial charge is 0.396 e. The van der Waals surface area contributed by atoms with Crippen molar-refractivity contribution in [1.82, 2.24) is 0 Å². The predicted octanol–water partition coefficient (Wildman–Crippen LogP) is 3.06. The Hall–Kier alpha value is -1.05. The van der Waals surface area contributed by atoms with E-state index in [-0.39, 0.29) is 6.61 Å². The molecule has 0 unspecified atom stereocenters. The third-order valence-electron chi connectivity index (χ3n) is 3.46. The van der Waals surface area contributed by atoms with E-state index in [1.54, 1.807) is 0 Å². The van der Waals surface area contributed by atoms with Crippen molar-refractivity contribution >= 4 is 21.6 Å². The summed E-state index contributed by atoms with van der Waals surface area (Å²) in [6, 6.07) is 8.54. The zero-order chi connectivity index (χ0) is 13.0. The average molecular weight is 309 g/mol. The number of nitrogens with zero attached hydrogens (tertiary/aromatic N) is 2. The Bertz CT molecular complexity index is 452. The first-order valence-electron chi connectivity index (χ1n) is 6.33. The van der Waals surface area contributed by atoms with Crippen LogP contribution in [0.2, 0.25) is 0 Å². The fourth-order valence-corrected chi connectivity index (χ4v) is 2.63. The lowest BCUT2D eigenvalue weighted by Crippen LogP contribution is -2.41. The minimum atomic E-state index is 0.194. The molecule has 0 radical (unpaired) electrons. The molecule has 0 saturated heterocycles. The van der Waals surface area contributed by atoms with Gasteiger partial charge in [-0.2, -0.15) is 5.26 Å². The number of benzene rings is 1. The molecule has 0 amide bonds. The van der Waals surface area contributed by atoms with Crippen LogP contribution in [-0.2, 0) is 0 Å². The minimum absolute atomic E-state index is 0.194. The van der Waals surface area contributed by atoms with Crippen LogP contribution in [-0.4, -0.2) is 24.3 Å². The van der Waals surface area contributed by atoms with Crippen molar-refractivity contribution < 1.29 is 5.11 Å². The predicted molar refractivity (Wildman–Crippen MR) is 75.5 cm³/mol. The van der Waals surface area contributed by atoms with Crippen molar-refractivity contribution in [2.45, 2.75) is 31.7 Å². The second kappa shape index (κ2) is 6.21. The maximum atomic E-state index is 9.21. The molecule has 0 heterocycles. The molecule has 1 aromatic carbocycles. The van der Waals surface area contributed by atoms with Crippen molar-refractivity contribution in [3.63, 3.8) is 0 Å². The van der Waals surface area contributed by atoms with E-state index in [1.165, 1.54) is 19.3 Å². The van der Waals surface area contributed by atoms with E-state index in [4.69, 9.17) is 5.11 Å². The number of halogens is 1. The normalized spacial score (nSPS) is 14.9. The number of anilines is 1. The Kier molecular flexibility index (Phi) is 4.62. The Morgan fingerprint density at radius 1 is 1.44 bits per heavy atom. The Labute approximate surface area is 116 Å². The quantitative estimate of drug-likeness (QED) is 0.909. The summed E-state index contributed by atoms with van der Waals surface area (Å²) >= 11 is 3.47. The summed E-state index contributed by atoms with van der Waals surface area (Å²) < 4.78 is 0.991. The molecule has 1 fully saturated rings. The summed E-state index contributed by atoms with van der Waals surface area (Å²) in [5.74, 6) is 0. The first-order valence-corrected chi connectivity index (χ1v) is 7.12. The smallest absolute Gasteiger partial charge is 0.101 e. The molecule has 96 valence electrons. The highest BCUT2D eigenvalue weighted by atomic mass is 79.9. The van der Waals surface area contributed by atoms with Gasteiger partial charge in [-0.1, -0.05) is 15.9 Å². The van der Waals surface area contributed by atoms with Crippen molar-refractivity contribution in [2.24, 2.45) is 0 Å². The molecule has 2 rings (SSSR count). The third kappa shape index (κ3) is 2.85. The van der Waals surface area contributed by atoms with Gasteiger partial charge in [-0.3, -0.25) is 0 Å². The van der Waals surface area contributed by atoms with Crippen LogP contribution in [0.4, 0.5) is 5.69 Å². The van der Waals surface area contributed by atoms with Crippen LogP contribution in [0.15, 0.2) is 22.7 Å². The summed E-state index contributed by atoms with van der Waals surface area (Å²) in [6.07, 6.45) is 4.37. The van der Waals surface area contributed by atoms with Crippen LogP contribution in [0.3, 0.4) is 0 Å². The van der Waals surface area contributed by atoms with Crippen molar-refractivity contribution in [3.05, 3.63) is 28.2 Å². The third-order valence-corrected chi connectivity index (χ3v) is 3.96. The zero-order valence-corrected chi connectivity index (χ0v) is 11.9. The molecule has 0 atom stereocenters. The van der Waals surface area contributed by atoms with E-state index in [0.717, 1.165) is 23.1 Å². The van der Waals surface area contributed by atoms with Crippen molar-refractivity contribution in [3.8, 4) is 6.07 Å². The van der Waals surface area contributed by atoms with E-state index in [2.05, 4.69) is 26.9 Å². The molecule has 1 aromatic rings. The van der Waals surface area contributed by atoms with Gasteiger partial charge in [0.2, 0.25) is 0 Å². The topological polar surface area (TPSA) is 47.3 Å². The van der Waals surface area contributed by atoms with Gasteiger partial charge in [0, 0.05) is 23.7 Å². The molecule has 18 heavy (non-hydrogen) atoms. The monoisotopic (exact) mass is 308 g/mol. The average Bonchev–Trinajstić information content (AvgIpc) is 2.32. The van der Waals surface area contributed by atoms with Gasteiger partial charge in [0.1, 0.15) is 6.07 Å². The summed E-state index contributed by atoms with van der Waals surface area (Å²) in [5.41, 5.74) is 1.70. The summed E-state index contributed by atoms with van der Waals surface area (Å²) in [5, 5.41) is 18.2. The molecule has 0 spiro atoms. The number of nitriles is 1. The van der Waals surface area contributed by atoms with Crippen LogP contribution < -0.4 is 4.90 Å². The van der Waals surface area contributed by atoms with Gasteiger partial charge >= 0.3 is 0 Å². The highest BCUT2D eigenvalue weighted by Gasteiger charge is 2.26. The lowest BCUT2D eigenvalue weighted by molar-refractivity contribution is 0.283. The Balaban J connectivity index is 2.28. The lowest BCUT2D eigenvalue weighted by Gasteiger charge is -2.39. The van der Waals surface area contributed by atoms with E-state index in [9.17, 15) is 5.26 Å². The number of rotatable bonds is 5. The molecular weight excluding hydrogens is 292 g/mol. The van der Waals surface area contributed by atoms with Gasteiger partial charge in [-0.25, -0.2) is 0 Å². The van der Waals surface area contributed by atoms with Gasteiger partial charge in [0.05, 0.1) is 11.3 Å². The van der Waals surface area contributed by atoms with Crippen LogP contribution >= 0.6 is 15.9 Å². The number of aliphatic hydroxyl groups is 1. The summed E-state index contributed by atoms with van der Waals surface area (Å²) in [4.78, 5) is 2.28. The molecule has 0 aliphatic heterocycles. The van der Waals surface area contributed by atoms with Crippen LogP contribution in [0.1, 0.15) is 31.2 Å². The van der Waals surface area contributed by atoms with Crippen molar-refractivity contribution in [2.75, 3.05) is 18.1 Å². The van der Waals surface area contributed by atoms with Crippen LogP contribution in [0.5, 0.6) is 0 Å². The molecule has 1 N–H and O–H groups in total. The molecular formula is C14H17BrN2O. The Morgan fingerprint density at radius 2 is 2.22 bits per heavy atom. The molecule has 4 heteroatoms. The molecule has 1 aliphatic rings.